The lowest BCUT2D eigenvalue weighted by atomic mass is 10.1. The van der Waals surface area contributed by atoms with Gasteiger partial charge in [-0.2, -0.15) is 0 Å². The number of allylic oxidation sites excluding steroid dienone is 7. The minimum Gasteiger partial charge on any atom is -0.103 e. The summed E-state index contributed by atoms with van der Waals surface area (Å²) in [5.41, 5.74) is 4.45. The van der Waals surface area contributed by atoms with E-state index in [-0.39, 0.29) is 0 Å². The zero-order valence-electron chi connectivity index (χ0n) is 13.5. The van der Waals surface area contributed by atoms with Gasteiger partial charge in [-0.05, 0) is 72.6 Å². The summed E-state index contributed by atoms with van der Waals surface area (Å²) in [4.78, 5) is 0. The van der Waals surface area contributed by atoms with Gasteiger partial charge >= 0.3 is 0 Å². The van der Waals surface area contributed by atoms with Crippen molar-refractivity contribution in [2.45, 2.75) is 72.6 Å². The lowest BCUT2D eigenvalue weighted by Gasteiger charge is -2.01. The number of hydrogen-bond acceptors (Lipinski definition) is 0. The van der Waals surface area contributed by atoms with E-state index in [1.165, 1.54) is 48.8 Å². The van der Waals surface area contributed by atoms with Crippen LogP contribution in [0.1, 0.15) is 72.6 Å². The molecule has 0 heterocycles. The molecule has 0 aliphatic rings. The van der Waals surface area contributed by atoms with Gasteiger partial charge in [0.2, 0.25) is 0 Å². The normalized spacial score (nSPS) is 12.4. The van der Waals surface area contributed by atoms with Crippen LogP contribution in [-0.2, 0) is 0 Å². The molecule has 108 valence electrons. The standard InChI is InChI=1S/C19H32/c1-6-7-8-9-13-18(4)15-11-16-19(5)14-10-12-17(2)3/h6,12,15-16H,1,7-11,13-14H2,2-5H3. The second kappa shape index (κ2) is 12.0. The van der Waals surface area contributed by atoms with Crippen LogP contribution in [0.3, 0.4) is 0 Å². The van der Waals surface area contributed by atoms with Gasteiger partial charge in [-0.1, -0.05) is 41.0 Å². The predicted molar refractivity (Wildman–Crippen MR) is 89.5 cm³/mol. The van der Waals surface area contributed by atoms with Crippen LogP contribution < -0.4 is 0 Å². The molecule has 19 heavy (non-hydrogen) atoms. The molecule has 0 aromatic heterocycles. The number of unbranched alkanes of at least 4 members (excludes halogenated alkanes) is 2. The molecule has 0 aromatic carbocycles. The van der Waals surface area contributed by atoms with Gasteiger partial charge in [-0.3, -0.25) is 0 Å². The smallest absolute Gasteiger partial charge is 0.0164 e. The van der Waals surface area contributed by atoms with Crippen LogP contribution in [0.2, 0.25) is 0 Å². The Bertz CT molecular complexity index is 322. The van der Waals surface area contributed by atoms with Crippen LogP contribution in [0.5, 0.6) is 0 Å². The Labute approximate surface area is 121 Å². The molecule has 0 N–H and O–H groups in total. The van der Waals surface area contributed by atoms with Gasteiger partial charge in [-0.25, -0.2) is 0 Å². The predicted octanol–water partition coefficient (Wildman–Crippen LogP) is 6.76. The van der Waals surface area contributed by atoms with Gasteiger partial charge in [0.15, 0.2) is 0 Å². The van der Waals surface area contributed by atoms with E-state index < -0.39 is 0 Å². The Balaban J connectivity index is 3.83. The molecule has 0 nitrogen and oxygen atoms in total. The molecule has 0 aliphatic heterocycles. The molecule has 0 amide bonds. The van der Waals surface area contributed by atoms with E-state index in [9.17, 15) is 0 Å². The van der Waals surface area contributed by atoms with Crippen molar-refractivity contribution in [1.82, 2.24) is 0 Å². The highest BCUT2D eigenvalue weighted by Crippen LogP contribution is 2.11. The molecule has 0 rings (SSSR count). The Morgan fingerprint density at radius 3 is 2.00 bits per heavy atom. The molecule has 0 aliphatic carbocycles. The fourth-order valence-electron chi connectivity index (χ4n) is 1.95. The SMILES string of the molecule is C=CCCCCC(C)=CCC=C(C)CCC=C(C)C. The highest BCUT2D eigenvalue weighted by atomic mass is 14.0. The van der Waals surface area contributed by atoms with Crippen molar-refractivity contribution in [3.05, 3.63) is 47.6 Å². The summed E-state index contributed by atoms with van der Waals surface area (Å²) < 4.78 is 0. The van der Waals surface area contributed by atoms with Crippen LogP contribution >= 0.6 is 0 Å². The first-order valence-electron chi connectivity index (χ1n) is 7.61. The van der Waals surface area contributed by atoms with Crippen molar-refractivity contribution < 1.29 is 0 Å². The Morgan fingerprint density at radius 2 is 1.42 bits per heavy atom. The lowest BCUT2D eigenvalue weighted by Crippen LogP contribution is -1.80. The molecule has 0 fully saturated rings. The maximum Gasteiger partial charge on any atom is -0.0164 e. The van der Waals surface area contributed by atoms with E-state index in [1.54, 1.807) is 0 Å². The van der Waals surface area contributed by atoms with Crippen LogP contribution in [0.4, 0.5) is 0 Å². The average Bonchev–Trinajstić information content (AvgIpc) is 2.34. The van der Waals surface area contributed by atoms with E-state index >= 15 is 0 Å². The molecule has 0 saturated carbocycles. The zero-order valence-corrected chi connectivity index (χ0v) is 13.5. The van der Waals surface area contributed by atoms with Gasteiger partial charge in [0.25, 0.3) is 0 Å². The van der Waals surface area contributed by atoms with E-state index in [1.807, 2.05) is 6.08 Å². The van der Waals surface area contributed by atoms with Crippen molar-refractivity contribution in [3.63, 3.8) is 0 Å². The largest absolute Gasteiger partial charge is 0.103 e. The van der Waals surface area contributed by atoms with Crippen LogP contribution in [-0.4, -0.2) is 0 Å². The second-order valence-electron chi connectivity index (χ2n) is 5.69. The number of hydrogen-bond donors (Lipinski definition) is 0. The summed E-state index contributed by atoms with van der Waals surface area (Å²) in [6, 6.07) is 0. The molecule has 0 saturated heterocycles. The second-order valence-corrected chi connectivity index (χ2v) is 5.69. The van der Waals surface area contributed by atoms with Crippen molar-refractivity contribution in [3.8, 4) is 0 Å². The molecule has 0 bridgehead atoms. The first-order valence-corrected chi connectivity index (χ1v) is 7.61. The fraction of sp³-hybridized carbons (Fsp3) is 0.579. The molecular formula is C19H32. The minimum atomic E-state index is 1.09. The lowest BCUT2D eigenvalue weighted by molar-refractivity contribution is 0.741. The molecule has 0 unspecified atom stereocenters. The summed E-state index contributed by atoms with van der Waals surface area (Å²) in [5, 5.41) is 0. The third-order valence-corrected chi connectivity index (χ3v) is 3.25. The Kier molecular flexibility index (Phi) is 11.4. The van der Waals surface area contributed by atoms with Gasteiger partial charge < -0.3 is 0 Å². The molecule has 0 spiro atoms. The van der Waals surface area contributed by atoms with E-state index in [0.29, 0.717) is 0 Å². The average molecular weight is 260 g/mol. The molecule has 0 heteroatoms. The van der Waals surface area contributed by atoms with Gasteiger partial charge in [0.05, 0.1) is 0 Å². The maximum atomic E-state index is 3.76. The van der Waals surface area contributed by atoms with Gasteiger partial charge in [0, 0.05) is 0 Å². The summed E-state index contributed by atoms with van der Waals surface area (Å²) in [6.45, 7) is 12.6. The zero-order chi connectivity index (χ0) is 14.5. The molecule has 0 aromatic rings. The first-order chi connectivity index (χ1) is 9.06. The van der Waals surface area contributed by atoms with Crippen LogP contribution in [0.15, 0.2) is 47.6 Å². The summed E-state index contributed by atoms with van der Waals surface area (Å²) in [7, 11) is 0. The summed E-state index contributed by atoms with van der Waals surface area (Å²) in [5.74, 6) is 0. The molecule has 0 atom stereocenters. The number of rotatable bonds is 10. The summed E-state index contributed by atoms with van der Waals surface area (Å²) >= 11 is 0. The van der Waals surface area contributed by atoms with Gasteiger partial charge in [0.1, 0.15) is 0 Å². The third-order valence-electron chi connectivity index (χ3n) is 3.25. The molecule has 0 radical (unpaired) electrons. The maximum absolute atomic E-state index is 3.76. The van der Waals surface area contributed by atoms with Crippen molar-refractivity contribution in [1.29, 1.82) is 0 Å². The quantitative estimate of drug-likeness (QED) is 0.300. The topological polar surface area (TPSA) is 0 Å². The van der Waals surface area contributed by atoms with Gasteiger partial charge in [-0.15, -0.1) is 6.58 Å². The van der Waals surface area contributed by atoms with Crippen LogP contribution in [0, 0.1) is 0 Å². The van der Waals surface area contributed by atoms with Crippen LogP contribution in [0.25, 0.3) is 0 Å². The highest BCUT2D eigenvalue weighted by molar-refractivity contribution is 5.07. The van der Waals surface area contributed by atoms with E-state index in [2.05, 4.69) is 52.5 Å². The van der Waals surface area contributed by atoms with E-state index in [0.717, 1.165) is 12.8 Å². The van der Waals surface area contributed by atoms with Crippen molar-refractivity contribution in [2.24, 2.45) is 0 Å². The van der Waals surface area contributed by atoms with Crippen molar-refractivity contribution in [2.75, 3.05) is 0 Å². The third kappa shape index (κ3) is 13.2. The molecular weight excluding hydrogens is 228 g/mol. The van der Waals surface area contributed by atoms with Crippen molar-refractivity contribution >= 4 is 0 Å². The monoisotopic (exact) mass is 260 g/mol. The Hall–Kier alpha value is -1.04. The summed E-state index contributed by atoms with van der Waals surface area (Å²) in [6.07, 6.45) is 17.5. The minimum absolute atomic E-state index is 1.09. The Morgan fingerprint density at radius 1 is 0.789 bits per heavy atom. The fourth-order valence-corrected chi connectivity index (χ4v) is 1.95. The van der Waals surface area contributed by atoms with E-state index in [4.69, 9.17) is 0 Å². The highest BCUT2D eigenvalue weighted by Gasteiger charge is 1.91. The first kappa shape index (κ1) is 18.0.